The summed E-state index contributed by atoms with van der Waals surface area (Å²) in [6.45, 7) is 7.62. The Morgan fingerprint density at radius 2 is 2.13 bits per heavy atom. The molecule has 2 N–H and O–H groups in total. The van der Waals surface area contributed by atoms with Crippen molar-refractivity contribution in [2.24, 2.45) is 4.99 Å². The van der Waals surface area contributed by atoms with Crippen LogP contribution in [0.5, 0.6) is 0 Å². The van der Waals surface area contributed by atoms with Gasteiger partial charge >= 0.3 is 0 Å². The lowest BCUT2D eigenvalue weighted by molar-refractivity contribution is 0.258. The Balaban J connectivity index is 0.00000264. The SMILES string of the molecule is C#CCN=C(NCC)NC1CC(C)N(Cc2ccccc2)C1.I. The third kappa shape index (κ3) is 6.40. The number of hydrogen-bond donors (Lipinski definition) is 2. The molecule has 0 aromatic heterocycles. The summed E-state index contributed by atoms with van der Waals surface area (Å²) in [5.41, 5.74) is 1.36. The molecule has 1 heterocycles. The second kappa shape index (κ2) is 10.5. The average molecular weight is 426 g/mol. The molecule has 1 aliphatic heterocycles. The van der Waals surface area contributed by atoms with Crippen LogP contribution in [0.4, 0.5) is 0 Å². The summed E-state index contributed by atoms with van der Waals surface area (Å²) < 4.78 is 0. The quantitative estimate of drug-likeness (QED) is 0.329. The van der Waals surface area contributed by atoms with Crippen LogP contribution in [0.2, 0.25) is 0 Å². The highest BCUT2D eigenvalue weighted by Crippen LogP contribution is 2.20. The van der Waals surface area contributed by atoms with Crippen LogP contribution in [0.25, 0.3) is 0 Å². The number of likely N-dealkylation sites (tertiary alicyclic amines) is 1. The Labute approximate surface area is 157 Å². The summed E-state index contributed by atoms with van der Waals surface area (Å²) in [7, 11) is 0. The van der Waals surface area contributed by atoms with Gasteiger partial charge in [-0.05, 0) is 25.8 Å². The molecule has 1 saturated heterocycles. The smallest absolute Gasteiger partial charge is 0.192 e. The van der Waals surface area contributed by atoms with E-state index in [9.17, 15) is 0 Å². The fourth-order valence-electron chi connectivity index (χ4n) is 2.88. The molecular weight excluding hydrogens is 399 g/mol. The number of terminal acetylenes is 1. The second-order valence-corrected chi connectivity index (χ2v) is 5.74. The largest absolute Gasteiger partial charge is 0.357 e. The highest BCUT2D eigenvalue weighted by Gasteiger charge is 2.29. The van der Waals surface area contributed by atoms with Crippen molar-refractivity contribution < 1.29 is 0 Å². The van der Waals surface area contributed by atoms with Crippen LogP contribution in [0.15, 0.2) is 35.3 Å². The van der Waals surface area contributed by atoms with Gasteiger partial charge in [0.05, 0.1) is 0 Å². The number of aliphatic imine (C=N–C) groups is 1. The summed E-state index contributed by atoms with van der Waals surface area (Å²) >= 11 is 0. The van der Waals surface area contributed by atoms with E-state index in [1.807, 2.05) is 0 Å². The molecule has 2 rings (SSSR count). The lowest BCUT2D eigenvalue weighted by Gasteiger charge is -2.21. The van der Waals surface area contributed by atoms with Gasteiger partial charge in [0, 0.05) is 31.7 Å². The van der Waals surface area contributed by atoms with E-state index in [1.54, 1.807) is 0 Å². The molecule has 0 amide bonds. The summed E-state index contributed by atoms with van der Waals surface area (Å²) in [6, 6.07) is 11.6. The third-order valence-electron chi connectivity index (χ3n) is 3.95. The predicted molar refractivity (Wildman–Crippen MR) is 108 cm³/mol. The van der Waals surface area contributed by atoms with Crippen LogP contribution in [0.3, 0.4) is 0 Å². The topological polar surface area (TPSA) is 39.7 Å². The number of benzene rings is 1. The monoisotopic (exact) mass is 426 g/mol. The number of rotatable bonds is 5. The Morgan fingerprint density at radius 1 is 1.39 bits per heavy atom. The molecule has 0 bridgehead atoms. The molecule has 5 heteroatoms. The minimum atomic E-state index is 0. The molecule has 0 radical (unpaired) electrons. The van der Waals surface area contributed by atoms with E-state index in [1.165, 1.54) is 5.56 Å². The third-order valence-corrected chi connectivity index (χ3v) is 3.95. The normalized spacial score (nSPS) is 21.3. The predicted octanol–water partition coefficient (Wildman–Crippen LogP) is 2.46. The van der Waals surface area contributed by atoms with Gasteiger partial charge in [-0.15, -0.1) is 30.4 Å². The zero-order chi connectivity index (χ0) is 15.8. The van der Waals surface area contributed by atoms with Crippen LogP contribution in [0.1, 0.15) is 25.8 Å². The molecule has 2 unspecified atom stereocenters. The molecule has 1 aromatic rings. The van der Waals surface area contributed by atoms with Gasteiger partial charge in [-0.1, -0.05) is 36.3 Å². The van der Waals surface area contributed by atoms with Gasteiger partial charge in [0.25, 0.3) is 0 Å². The fourth-order valence-corrected chi connectivity index (χ4v) is 2.88. The Morgan fingerprint density at radius 3 is 2.78 bits per heavy atom. The maximum atomic E-state index is 5.29. The van der Waals surface area contributed by atoms with E-state index in [2.05, 4.69) is 70.6 Å². The molecule has 0 saturated carbocycles. The number of hydrogen-bond acceptors (Lipinski definition) is 2. The van der Waals surface area contributed by atoms with Gasteiger partial charge in [-0.25, -0.2) is 4.99 Å². The maximum absolute atomic E-state index is 5.29. The Kier molecular flexibility index (Phi) is 9.03. The summed E-state index contributed by atoms with van der Waals surface area (Å²) in [4.78, 5) is 6.88. The summed E-state index contributed by atoms with van der Waals surface area (Å²) in [5, 5.41) is 6.75. The number of nitrogens with one attached hydrogen (secondary N) is 2. The van der Waals surface area contributed by atoms with Gasteiger partial charge in [0.2, 0.25) is 0 Å². The van der Waals surface area contributed by atoms with Crippen molar-refractivity contribution in [3.63, 3.8) is 0 Å². The van der Waals surface area contributed by atoms with E-state index in [0.29, 0.717) is 18.6 Å². The maximum Gasteiger partial charge on any atom is 0.192 e. The molecule has 1 aromatic carbocycles. The van der Waals surface area contributed by atoms with Crippen molar-refractivity contribution in [3.8, 4) is 12.3 Å². The molecular formula is C18H27IN4. The summed E-state index contributed by atoms with van der Waals surface area (Å²) in [6.07, 6.45) is 6.41. The van der Waals surface area contributed by atoms with Crippen LogP contribution in [0, 0.1) is 12.3 Å². The van der Waals surface area contributed by atoms with Crippen molar-refractivity contribution in [3.05, 3.63) is 35.9 Å². The number of nitrogens with zero attached hydrogens (tertiary/aromatic N) is 2. The van der Waals surface area contributed by atoms with E-state index < -0.39 is 0 Å². The minimum Gasteiger partial charge on any atom is -0.357 e. The molecule has 0 aliphatic carbocycles. The van der Waals surface area contributed by atoms with E-state index in [-0.39, 0.29) is 24.0 Å². The Bertz CT molecular complexity index is 524. The van der Waals surface area contributed by atoms with E-state index in [4.69, 9.17) is 6.42 Å². The first-order valence-electron chi connectivity index (χ1n) is 7.99. The molecule has 1 aliphatic rings. The standard InChI is InChI=1S/C18H26N4.HI/c1-4-11-20-18(19-5-2)21-17-12-15(3)22(14-17)13-16-9-7-6-8-10-16;/h1,6-10,15,17H,5,11-14H2,2-3H3,(H2,19,20,21);1H. The fraction of sp³-hybridized carbons (Fsp3) is 0.500. The van der Waals surface area contributed by atoms with Crippen molar-refractivity contribution in [1.82, 2.24) is 15.5 Å². The van der Waals surface area contributed by atoms with E-state index in [0.717, 1.165) is 32.0 Å². The molecule has 23 heavy (non-hydrogen) atoms. The van der Waals surface area contributed by atoms with Crippen molar-refractivity contribution >= 4 is 29.9 Å². The molecule has 4 nitrogen and oxygen atoms in total. The van der Waals surface area contributed by atoms with Crippen LogP contribution >= 0.6 is 24.0 Å². The molecule has 1 fully saturated rings. The van der Waals surface area contributed by atoms with Crippen LogP contribution in [-0.4, -0.2) is 42.6 Å². The first-order chi connectivity index (χ1) is 10.7. The average Bonchev–Trinajstić information content (AvgIpc) is 2.86. The van der Waals surface area contributed by atoms with Gasteiger partial charge in [-0.3, -0.25) is 4.90 Å². The lowest BCUT2D eigenvalue weighted by atomic mass is 10.2. The summed E-state index contributed by atoms with van der Waals surface area (Å²) in [5.74, 6) is 3.37. The van der Waals surface area contributed by atoms with Gasteiger partial charge in [0.15, 0.2) is 5.96 Å². The first-order valence-corrected chi connectivity index (χ1v) is 7.99. The lowest BCUT2D eigenvalue weighted by Crippen LogP contribution is -2.44. The van der Waals surface area contributed by atoms with E-state index >= 15 is 0 Å². The number of guanidine groups is 1. The van der Waals surface area contributed by atoms with Gasteiger partial charge in [-0.2, -0.15) is 0 Å². The second-order valence-electron chi connectivity index (χ2n) is 5.74. The highest BCUT2D eigenvalue weighted by atomic mass is 127. The molecule has 126 valence electrons. The van der Waals surface area contributed by atoms with Crippen LogP contribution < -0.4 is 10.6 Å². The highest BCUT2D eigenvalue weighted by molar-refractivity contribution is 14.0. The molecule has 0 spiro atoms. The zero-order valence-corrected chi connectivity index (χ0v) is 16.3. The van der Waals surface area contributed by atoms with Gasteiger partial charge < -0.3 is 10.6 Å². The van der Waals surface area contributed by atoms with Crippen molar-refractivity contribution in [2.45, 2.75) is 38.9 Å². The minimum absolute atomic E-state index is 0. The first kappa shape index (κ1) is 19.8. The molecule has 2 atom stereocenters. The Hall–Kier alpha value is -1.26. The van der Waals surface area contributed by atoms with Gasteiger partial charge in [0.1, 0.15) is 6.54 Å². The van der Waals surface area contributed by atoms with Crippen molar-refractivity contribution in [2.75, 3.05) is 19.6 Å². The van der Waals surface area contributed by atoms with Crippen molar-refractivity contribution in [1.29, 1.82) is 0 Å². The van der Waals surface area contributed by atoms with Crippen LogP contribution in [-0.2, 0) is 6.54 Å². The number of halogens is 1. The zero-order valence-electron chi connectivity index (χ0n) is 14.0.